The van der Waals surface area contributed by atoms with Gasteiger partial charge in [0.2, 0.25) is 0 Å². The molecule has 0 saturated heterocycles. The van der Waals surface area contributed by atoms with Crippen molar-refractivity contribution >= 4 is 11.8 Å². The van der Waals surface area contributed by atoms with Crippen LogP contribution in [0.3, 0.4) is 0 Å². The fraction of sp³-hybridized carbons (Fsp3) is 0.571. The first-order valence-corrected chi connectivity index (χ1v) is 7.48. The number of ether oxygens (including phenoxy) is 2. The Labute approximate surface area is 118 Å². The number of hydrogen-bond donors (Lipinski definition) is 2. The number of fused-ring (bicyclic) bond motifs is 1. The summed E-state index contributed by atoms with van der Waals surface area (Å²) in [5.74, 6) is 2.60. The van der Waals surface area contributed by atoms with Crippen molar-refractivity contribution < 1.29 is 14.6 Å². The molecule has 106 valence electrons. The Morgan fingerprint density at radius 3 is 2.74 bits per heavy atom. The molecule has 19 heavy (non-hydrogen) atoms. The highest BCUT2D eigenvalue weighted by molar-refractivity contribution is 7.99. The number of rotatable bonds is 6. The largest absolute Gasteiger partial charge is 0.486 e. The van der Waals surface area contributed by atoms with Crippen LogP contribution in [-0.2, 0) is 0 Å². The lowest BCUT2D eigenvalue weighted by Crippen LogP contribution is -2.43. The third kappa shape index (κ3) is 3.78. The van der Waals surface area contributed by atoms with Gasteiger partial charge in [-0.05, 0) is 44.3 Å². The van der Waals surface area contributed by atoms with E-state index < -0.39 is 0 Å². The number of likely N-dealkylation sites (N-methyl/N-ethyl adjacent to an activating group) is 1. The summed E-state index contributed by atoms with van der Waals surface area (Å²) in [5, 5.41) is 12.5. The van der Waals surface area contributed by atoms with Gasteiger partial charge in [-0.2, -0.15) is 0 Å². The highest BCUT2D eigenvalue weighted by atomic mass is 32.2. The highest BCUT2D eigenvalue weighted by Crippen LogP contribution is 2.34. The second kappa shape index (κ2) is 6.50. The van der Waals surface area contributed by atoms with E-state index in [0.29, 0.717) is 13.2 Å². The molecule has 5 heteroatoms. The smallest absolute Gasteiger partial charge is 0.162 e. The first-order chi connectivity index (χ1) is 9.17. The monoisotopic (exact) mass is 283 g/mol. The number of thioether (sulfide) groups is 1. The Bertz CT molecular complexity index is 421. The topological polar surface area (TPSA) is 50.7 Å². The Morgan fingerprint density at radius 1 is 1.32 bits per heavy atom. The third-order valence-electron chi connectivity index (χ3n) is 3.39. The van der Waals surface area contributed by atoms with Crippen molar-refractivity contribution in [2.45, 2.75) is 23.8 Å². The van der Waals surface area contributed by atoms with Crippen molar-refractivity contribution in [1.29, 1.82) is 0 Å². The predicted octanol–water partition coefficient (Wildman–Crippen LogP) is 1.91. The third-order valence-corrected chi connectivity index (χ3v) is 4.38. The van der Waals surface area contributed by atoms with E-state index in [1.807, 2.05) is 32.2 Å². The molecule has 1 atom stereocenters. The molecule has 1 heterocycles. The van der Waals surface area contributed by atoms with Crippen LogP contribution in [0.5, 0.6) is 11.5 Å². The van der Waals surface area contributed by atoms with Gasteiger partial charge in [0.15, 0.2) is 11.5 Å². The van der Waals surface area contributed by atoms with Crippen LogP contribution in [0.15, 0.2) is 23.1 Å². The molecule has 0 saturated carbocycles. The van der Waals surface area contributed by atoms with Gasteiger partial charge in [-0.3, -0.25) is 0 Å². The quantitative estimate of drug-likeness (QED) is 0.781. The van der Waals surface area contributed by atoms with E-state index in [0.717, 1.165) is 23.7 Å². The van der Waals surface area contributed by atoms with Crippen LogP contribution in [0.25, 0.3) is 0 Å². The molecule has 1 aromatic rings. The normalized spacial score (nSPS) is 17.0. The van der Waals surface area contributed by atoms with E-state index >= 15 is 0 Å². The van der Waals surface area contributed by atoms with Crippen LogP contribution in [0, 0.1) is 0 Å². The Kier molecular flexibility index (Phi) is 4.96. The SMILES string of the molecule is CNC(C)(CO)CCSc1ccc2c(c1)OCCO2. The molecule has 0 aliphatic carbocycles. The zero-order chi connectivity index (χ0) is 13.7. The molecule has 0 aromatic heterocycles. The first kappa shape index (κ1) is 14.5. The van der Waals surface area contributed by atoms with Crippen molar-refractivity contribution in [1.82, 2.24) is 5.32 Å². The van der Waals surface area contributed by atoms with Crippen LogP contribution in [-0.4, -0.2) is 43.3 Å². The maximum absolute atomic E-state index is 9.33. The molecule has 1 aromatic carbocycles. The molecule has 0 spiro atoms. The average Bonchev–Trinajstić information content (AvgIpc) is 2.47. The molecular weight excluding hydrogens is 262 g/mol. The molecule has 0 fully saturated rings. The summed E-state index contributed by atoms with van der Waals surface area (Å²) in [5.41, 5.74) is -0.208. The van der Waals surface area contributed by atoms with Crippen LogP contribution in [0.2, 0.25) is 0 Å². The Hall–Kier alpha value is -0.910. The molecule has 2 rings (SSSR count). The summed E-state index contributed by atoms with van der Waals surface area (Å²) < 4.78 is 11.1. The van der Waals surface area contributed by atoms with E-state index in [9.17, 15) is 5.11 Å². The number of aliphatic hydroxyl groups is 1. The minimum Gasteiger partial charge on any atom is -0.486 e. The summed E-state index contributed by atoms with van der Waals surface area (Å²) in [6, 6.07) is 6.03. The van der Waals surface area contributed by atoms with E-state index in [1.54, 1.807) is 11.8 Å². The summed E-state index contributed by atoms with van der Waals surface area (Å²) in [4.78, 5) is 1.17. The number of aliphatic hydroxyl groups excluding tert-OH is 1. The average molecular weight is 283 g/mol. The molecule has 2 N–H and O–H groups in total. The summed E-state index contributed by atoms with van der Waals surface area (Å²) in [6.45, 7) is 3.41. The summed E-state index contributed by atoms with van der Waals surface area (Å²) >= 11 is 1.76. The predicted molar refractivity (Wildman–Crippen MR) is 77.3 cm³/mol. The van der Waals surface area contributed by atoms with Crippen LogP contribution < -0.4 is 14.8 Å². The van der Waals surface area contributed by atoms with Crippen molar-refractivity contribution in [2.75, 3.05) is 32.6 Å². The number of nitrogens with one attached hydrogen (secondary N) is 1. The molecule has 0 radical (unpaired) electrons. The second-order valence-corrected chi connectivity index (χ2v) is 6.04. The fourth-order valence-corrected chi connectivity index (χ4v) is 2.93. The summed E-state index contributed by atoms with van der Waals surface area (Å²) in [7, 11) is 1.88. The lowest BCUT2D eigenvalue weighted by Gasteiger charge is -2.26. The maximum atomic E-state index is 9.33. The molecule has 4 nitrogen and oxygen atoms in total. The molecule has 1 aliphatic heterocycles. The van der Waals surface area contributed by atoms with Crippen molar-refractivity contribution in [3.05, 3.63) is 18.2 Å². The molecule has 0 amide bonds. The van der Waals surface area contributed by atoms with Crippen LogP contribution in [0.1, 0.15) is 13.3 Å². The van der Waals surface area contributed by atoms with Gasteiger partial charge in [0.1, 0.15) is 13.2 Å². The van der Waals surface area contributed by atoms with Crippen LogP contribution >= 0.6 is 11.8 Å². The Morgan fingerprint density at radius 2 is 2.05 bits per heavy atom. The zero-order valence-electron chi connectivity index (χ0n) is 11.4. The molecular formula is C14H21NO3S. The fourth-order valence-electron chi connectivity index (χ4n) is 1.79. The first-order valence-electron chi connectivity index (χ1n) is 6.49. The second-order valence-electron chi connectivity index (χ2n) is 4.87. The van der Waals surface area contributed by atoms with Gasteiger partial charge in [-0.25, -0.2) is 0 Å². The number of benzene rings is 1. The van der Waals surface area contributed by atoms with Gasteiger partial charge < -0.3 is 19.9 Å². The standard InChI is InChI=1S/C14H21NO3S/c1-14(10-16,15-2)5-8-19-11-3-4-12-13(9-11)18-7-6-17-12/h3-4,9,15-16H,5-8,10H2,1-2H3. The zero-order valence-corrected chi connectivity index (χ0v) is 12.3. The van der Waals surface area contributed by atoms with Crippen molar-refractivity contribution in [3.63, 3.8) is 0 Å². The van der Waals surface area contributed by atoms with Gasteiger partial charge in [0, 0.05) is 10.4 Å². The van der Waals surface area contributed by atoms with Crippen LogP contribution in [0.4, 0.5) is 0 Å². The van der Waals surface area contributed by atoms with Gasteiger partial charge >= 0.3 is 0 Å². The van der Waals surface area contributed by atoms with Gasteiger partial charge in [-0.1, -0.05) is 0 Å². The van der Waals surface area contributed by atoms with Gasteiger partial charge in [0.05, 0.1) is 6.61 Å². The lowest BCUT2D eigenvalue weighted by atomic mass is 10.0. The van der Waals surface area contributed by atoms with Crippen molar-refractivity contribution in [3.8, 4) is 11.5 Å². The van der Waals surface area contributed by atoms with Crippen molar-refractivity contribution in [2.24, 2.45) is 0 Å². The minimum atomic E-state index is -0.208. The lowest BCUT2D eigenvalue weighted by molar-refractivity contribution is 0.171. The summed E-state index contributed by atoms with van der Waals surface area (Å²) in [6.07, 6.45) is 0.902. The van der Waals surface area contributed by atoms with Gasteiger partial charge in [-0.15, -0.1) is 11.8 Å². The maximum Gasteiger partial charge on any atom is 0.162 e. The molecule has 1 aliphatic rings. The van der Waals surface area contributed by atoms with E-state index in [-0.39, 0.29) is 12.1 Å². The Balaban J connectivity index is 1.90. The molecule has 1 unspecified atom stereocenters. The van der Waals surface area contributed by atoms with E-state index in [4.69, 9.17) is 9.47 Å². The minimum absolute atomic E-state index is 0.144. The van der Waals surface area contributed by atoms with Gasteiger partial charge in [0.25, 0.3) is 0 Å². The highest BCUT2D eigenvalue weighted by Gasteiger charge is 2.20. The van der Waals surface area contributed by atoms with E-state index in [1.165, 1.54) is 4.90 Å². The number of hydrogen-bond acceptors (Lipinski definition) is 5. The van der Waals surface area contributed by atoms with E-state index in [2.05, 4.69) is 5.32 Å². The molecule has 0 bridgehead atoms.